The molecule has 0 aliphatic carbocycles. The van der Waals surface area contributed by atoms with E-state index in [2.05, 4.69) is 5.32 Å². The normalized spacial score (nSPS) is 9.92. The van der Waals surface area contributed by atoms with Gasteiger partial charge in [0.25, 0.3) is 0 Å². The summed E-state index contributed by atoms with van der Waals surface area (Å²) in [5.41, 5.74) is 1.02. The van der Waals surface area contributed by atoms with Crippen molar-refractivity contribution in [3.8, 4) is 0 Å². The average molecular weight is 326 g/mol. The number of likely N-dealkylation sites (N-methyl/N-ethyl adjacent to an activating group) is 1. The molecule has 24 heavy (non-hydrogen) atoms. The molecule has 0 saturated heterocycles. The van der Waals surface area contributed by atoms with Crippen LogP contribution in [0.4, 0.5) is 11.4 Å². The van der Waals surface area contributed by atoms with Crippen LogP contribution >= 0.6 is 0 Å². The first-order valence-electron chi connectivity index (χ1n) is 7.44. The number of carbonyl (C=O) groups is 3. The Morgan fingerprint density at radius 1 is 1.00 bits per heavy atom. The average Bonchev–Trinajstić information content (AvgIpc) is 2.61. The Labute approximate surface area is 140 Å². The van der Waals surface area contributed by atoms with Gasteiger partial charge in [0.2, 0.25) is 0 Å². The number of nitrogens with zero attached hydrogens (tertiary/aromatic N) is 1. The fraction of sp³-hybridized carbons (Fsp3) is 0.167. The van der Waals surface area contributed by atoms with Crippen molar-refractivity contribution in [2.24, 2.45) is 0 Å². The fourth-order valence-electron chi connectivity index (χ4n) is 2.08. The Bertz CT molecular complexity index is 744. The van der Waals surface area contributed by atoms with E-state index in [1.165, 1.54) is 18.0 Å². The molecule has 0 atom stereocenters. The van der Waals surface area contributed by atoms with E-state index in [1.54, 1.807) is 49.4 Å². The van der Waals surface area contributed by atoms with Crippen LogP contribution in [0.2, 0.25) is 0 Å². The molecule has 0 aromatic heterocycles. The van der Waals surface area contributed by atoms with Crippen LogP contribution in [0, 0.1) is 0 Å². The number of amides is 2. The minimum atomic E-state index is -0.835. The van der Waals surface area contributed by atoms with Gasteiger partial charge in [0.05, 0.1) is 17.9 Å². The number of hydrogen-bond donors (Lipinski definition) is 1. The molecule has 0 fully saturated rings. The van der Waals surface area contributed by atoms with Gasteiger partial charge < -0.3 is 15.0 Å². The zero-order valence-electron chi connectivity index (χ0n) is 13.5. The highest BCUT2D eigenvalue weighted by atomic mass is 16.5. The molecule has 0 saturated carbocycles. The predicted molar refractivity (Wildman–Crippen MR) is 90.9 cm³/mol. The first-order chi connectivity index (χ1) is 11.5. The van der Waals surface area contributed by atoms with E-state index >= 15 is 0 Å². The second kappa shape index (κ2) is 7.92. The van der Waals surface area contributed by atoms with Gasteiger partial charge in [-0.15, -0.1) is 0 Å². The molecule has 0 aliphatic rings. The van der Waals surface area contributed by atoms with Gasteiger partial charge in [-0.05, 0) is 31.2 Å². The maximum Gasteiger partial charge on any atom is 0.340 e. The predicted octanol–water partition coefficient (Wildman–Crippen LogP) is 2.46. The van der Waals surface area contributed by atoms with Crippen LogP contribution in [0.25, 0.3) is 0 Å². The SMILES string of the molecule is CCOC(=O)c1ccccc1NC(=O)C(=O)N(C)c1ccccc1. The Morgan fingerprint density at radius 3 is 2.29 bits per heavy atom. The highest BCUT2D eigenvalue weighted by molar-refractivity contribution is 6.44. The van der Waals surface area contributed by atoms with Gasteiger partial charge in [-0.1, -0.05) is 30.3 Å². The van der Waals surface area contributed by atoms with Crippen LogP contribution in [0.3, 0.4) is 0 Å². The van der Waals surface area contributed by atoms with E-state index in [-0.39, 0.29) is 17.9 Å². The Kier molecular flexibility index (Phi) is 5.68. The molecule has 0 unspecified atom stereocenters. The van der Waals surface area contributed by atoms with Gasteiger partial charge in [0, 0.05) is 12.7 Å². The lowest BCUT2D eigenvalue weighted by atomic mass is 10.1. The summed E-state index contributed by atoms with van der Waals surface area (Å²) >= 11 is 0. The van der Waals surface area contributed by atoms with E-state index in [1.807, 2.05) is 6.07 Å². The molecule has 0 radical (unpaired) electrons. The molecule has 0 spiro atoms. The summed E-state index contributed by atoms with van der Waals surface area (Å²) in [5.74, 6) is -2.13. The number of para-hydroxylation sites is 2. The number of anilines is 2. The third kappa shape index (κ3) is 3.98. The van der Waals surface area contributed by atoms with Gasteiger partial charge in [-0.3, -0.25) is 9.59 Å². The van der Waals surface area contributed by atoms with E-state index in [0.717, 1.165) is 0 Å². The molecule has 2 aromatic carbocycles. The molecule has 2 rings (SSSR count). The van der Waals surface area contributed by atoms with Crippen molar-refractivity contribution in [1.82, 2.24) is 0 Å². The third-order valence-electron chi connectivity index (χ3n) is 3.31. The summed E-state index contributed by atoms with van der Waals surface area (Å²) < 4.78 is 4.94. The molecule has 2 amide bonds. The van der Waals surface area contributed by atoms with E-state index in [4.69, 9.17) is 4.74 Å². The van der Waals surface area contributed by atoms with Crippen LogP contribution in [0.5, 0.6) is 0 Å². The number of benzene rings is 2. The maximum absolute atomic E-state index is 12.3. The van der Waals surface area contributed by atoms with Crippen molar-refractivity contribution in [2.45, 2.75) is 6.92 Å². The van der Waals surface area contributed by atoms with Crippen molar-refractivity contribution in [3.05, 3.63) is 60.2 Å². The minimum absolute atomic E-state index is 0.197. The first kappa shape index (κ1) is 17.2. The highest BCUT2D eigenvalue weighted by Crippen LogP contribution is 2.17. The first-order valence-corrected chi connectivity index (χ1v) is 7.44. The largest absolute Gasteiger partial charge is 0.462 e. The van der Waals surface area contributed by atoms with E-state index in [9.17, 15) is 14.4 Å². The van der Waals surface area contributed by atoms with Crippen molar-refractivity contribution < 1.29 is 19.1 Å². The van der Waals surface area contributed by atoms with Gasteiger partial charge >= 0.3 is 17.8 Å². The molecule has 0 heterocycles. The van der Waals surface area contributed by atoms with Crippen LogP contribution in [-0.4, -0.2) is 31.4 Å². The van der Waals surface area contributed by atoms with Crippen molar-refractivity contribution in [1.29, 1.82) is 0 Å². The number of esters is 1. The monoisotopic (exact) mass is 326 g/mol. The summed E-state index contributed by atoms with van der Waals surface area (Å²) in [6.07, 6.45) is 0. The van der Waals surface area contributed by atoms with Crippen LogP contribution in [0.15, 0.2) is 54.6 Å². The summed E-state index contributed by atoms with van der Waals surface area (Å²) in [6.45, 7) is 1.91. The lowest BCUT2D eigenvalue weighted by Gasteiger charge is -2.17. The van der Waals surface area contributed by atoms with Crippen LogP contribution in [0.1, 0.15) is 17.3 Å². The summed E-state index contributed by atoms with van der Waals surface area (Å²) in [5, 5.41) is 2.47. The van der Waals surface area contributed by atoms with Crippen LogP contribution in [-0.2, 0) is 14.3 Å². The number of hydrogen-bond acceptors (Lipinski definition) is 4. The number of rotatable bonds is 4. The number of carbonyl (C=O) groups excluding carboxylic acids is 3. The van der Waals surface area contributed by atoms with Crippen LogP contribution < -0.4 is 10.2 Å². The minimum Gasteiger partial charge on any atom is -0.462 e. The molecule has 6 nitrogen and oxygen atoms in total. The maximum atomic E-state index is 12.3. The van der Waals surface area contributed by atoms with Crippen molar-refractivity contribution >= 4 is 29.2 Å². The lowest BCUT2D eigenvalue weighted by molar-refractivity contribution is -0.134. The van der Waals surface area contributed by atoms with Gasteiger partial charge in [0.15, 0.2) is 0 Å². The molecule has 1 N–H and O–H groups in total. The van der Waals surface area contributed by atoms with E-state index in [0.29, 0.717) is 5.69 Å². The standard InChI is InChI=1S/C18H18N2O4/c1-3-24-18(23)14-11-7-8-12-15(14)19-16(21)17(22)20(2)13-9-5-4-6-10-13/h4-12H,3H2,1-2H3,(H,19,21). The Hall–Kier alpha value is -3.15. The van der Waals surface area contributed by atoms with Crippen molar-refractivity contribution in [3.63, 3.8) is 0 Å². The summed E-state index contributed by atoms with van der Waals surface area (Å²) in [7, 11) is 1.51. The second-order valence-corrected chi connectivity index (χ2v) is 4.92. The Balaban J connectivity index is 2.15. The second-order valence-electron chi connectivity index (χ2n) is 4.92. The molecule has 0 bridgehead atoms. The van der Waals surface area contributed by atoms with Gasteiger partial charge in [-0.2, -0.15) is 0 Å². The quantitative estimate of drug-likeness (QED) is 0.692. The van der Waals surface area contributed by atoms with Crippen molar-refractivity contribution in [2.75, 3.05) is 23.9 Å². The zero-order chi connectivity index (χ0) is 17.5. The van der Waals surface area contributed by atoms with Gasteiger partial charge in [0.1, 0.15) is 0 Å². The summed E-state index contributed by atoms with van der Waals surface area (Å²) in [6, 6.07) is 15.2. The lowest BCUT2D eigenvalue weighted by Crippen LogP contribution is -2.37. The zero-order valence-corrected chi connectivity index (χ0v) is 13.5. The highest BCUT2D eigenvalue weighted by Gasteiger charge is 2.22. The molecular formula is C18H18N2O4. The topological polar surface area (TPSA) is 75.7 Å². The fourth-order valence-corrected chi connectivity index (χ4v) is 2.08. The molecule has 0 aliphatic heterocycles. The van der Waals surface area contributed by atoms with E-state index < -0.39 is 17.8 Å². The molecular weight excluding hydrogens is 308 g/mol. The number of nitrogens with one attached hydrogen (secondary N) is 1. The molecule has 6 heteroatoms. The smallest absolute Gasteiger partial charge is 0.340 e. The third-order valence-corrected chi connectivity index (χ3v) is 3.31. The number of ether oxygens (including phenoxy) is 1. The van der Waals surface area contributed by atoms with Gasteiger partial charge in [-0.25, -0.2) is 4.79 Å². The summed E-state index contributed by atoms with van der Waals surface area (Å²) in [4.78, 5) is 37.6. The molecule has 124 valence electrons. The molecule has 2 aromatic rings. The Morgan fingerprint density at radius 2 is 1.62 bits per heavy atom.